The Morgan fingerprint density at radius 2 is 1.73 bits per heavy atom. The van der Waals surface area contributed by atoms with Gasteiger partial charge < -0.3 is 5.11 Å². The molecule has 0 saturated heterocycles. The average molecular weight is 208 g/mol. The molecule has 15 heavy (non-hydrogen) atoms. The van der Waals surface area contributed by atoms with Crippen LogP contribution in [0.15, 0.2) is 18.0 Å². The van der Waals surface area contributed by atoms with Crippen LogP contribution in [-0.4, -0.2) is 5.11 Å². The molecule has 0 aliphatic carbocycles. The molecule has 0 heterocycles. The summed E-state index contributed by atoms with van der Waals surface area (Å²) in [6, 6.07) is 3.34. The van der Waals surface area contributed by atoms with Crippen molar-refractivity contribution in [1.82, 2.24) is 0 Å². The predicted molar refractivity (Wildman–Crippen MR) is 61.6 cm³/mol. The predicted octanol–water partition coefficient (Wildman–Crippen LogP) is 4.12. The third-order valence-electron chi connectivity index (χ3n) is 2.59. The van der Waals surface area contributed by atoms with Gasteiger partial charge in [0, 0.05) is 0 Å². The molecule has 1 aromatic carbocycles. The van der Waals surface area contributed by atoms with Crippen LogP contribution in [0.1, 0.15) is 37.0 Å². The first kappa shape index (κ1) is 11.8. The molecule has 1 aromatic rings. The number of rotatable bonds is 2. The standard InChI is InChI=1S/C13H17FO/c1-5-12(10(4)14)13-8(2)6-11(15)7-9(13)3/h6-7,15H,5H2,1-4H3/b12-10+. The van der Waals surface area contributed by atoms with E-state index in [1.54, 1.807) is 12.1 Å². The normalized spacial score (nSPS) is 12.6. The van der Waals surface area contributed by atoms with Gasteiger partial charge in [-0.3, -0.25) is 0 Å². The van der Waals surface area contributed by atoms with Crippen LogP contribution in [0.25, 0.3) is 5.57 Å². The van der Waals surface area contributed by atoms with E-state index in [1.165, 1.54) is 6.92 Å². The number of benzene rings is 1. The largest absolute Gasteiger partial charge is 0.508 e. The molecule has 2 heteroatoms. The highest BCUT2D eigenvalue weighted by Crippen LogP contribution is 2.31. The maximum atomic E-state index is 13.3. The first-order valence-electron chi connectivity index (χ1n) is 5.13. The molecule has 0 aliphatic heterocycles. The SMILES string of the molecule is CC/C(=C(/C)F)c1c(C)cc(O)cc1C. The maximum absolute atomic E-state index is 13.3. The van der Waals surface area contributed by atoms with Crippen LogP contribution in [0.4, 0.5) is 4.39 Å². The first-order valence-corrected chi connectivity index (χ1v) is 5.13. The number of halogens is 1. The fourth-order valence-electron chi connectivity index (χ4n) is 2.01. The first-order chi connectivity index (χ1) is 6.97. The third kappa shape index (κ3) is 2.38. The van der Waals surface area contributed by atoms with Gasteiger partial charge in [0.2, 0.25) is 0 Å². The smallest absolute Gasteiger partial charge is 0.116 e. The van der Waals surface area contributed by atoms with E-state index < -0.39 is 0 Å². The Morgan fingerprint density at radius 3 is 2.07 bits per heavy atom. The number of aromatic hydroxyl groups is 1. The van der Waals surface area contributed by atoms with E-state index in [0.717, 1.165) is 22.3 Å². The minimum Gasteiger partial charge on any atom is -0.508 e. The molecule has 0 aromatic heterocycles. The topological polar surface area (TPSA) is 20.2 Å². The van der Waals surface area contributed by atoms with Crippen molar-refractivity contribution in [2.45, 2.75) is 34.1 Å². The molecule has 0 atom stereocenters. The van der Waals surface area contributed by atoms with E-state index in [2.05, 4.69) is 0 Å². The van der Waals surface area contributed by atoms with Crippen LogP contribution in [-0.2, 0) is 0 Å². The van der Waals surface area contributed by atoms with Gasteiger partial charge in [-0.15, -0.1) is 0 Å². The summed E-state index contributed by atoms with van der Waals surface area (Å²) in [7, 11) is 0. The van der Waals surface area contributed by atoms with E-state index in [9.17, 15) is 9.50 Å². The summed E-state index contributed by atoms with van der Waals surface area (Å²) >= 11 is 0. The van der Waals surface area contributed by atoms with Gasteiger partial charge in [-0.1, -0.05) is 6.92 Å². The van der Waals surface area contributed by atoms with Crippen LogP contribution in [0.5, 0.6) is 5.75 Å². The second-order valence-electron chi connectivity index (χ2n) is 3.82. The Balaban J connectivity index is 3.44. The van der Waals surface area contributed by atoms with Crippen molar-refractivity contribution < 1.29 is 9.50 Å². The summed E-state index contributed by atoms with van der Waals surface area (Å²) < 4.78 is 13.3. The van der Waals surface area contributed by atoms with Gasteiger partial charge in [0.25, 0.3) is 0 Å². The van der Waals surface area contributed by atoms with Crippen LogP contribution >= 0.6 is 0 Å². The molecule has 0 amide bonds. The number of phenols is 1. The zero-order valence-electron chi connectivity index (χ0n) is 9.69. The van der Waals surface area contributed by atoms with Gasteiger partial charge in [-0.25, -0.2) is 4.39 Å². The third-order valence-corrected chi connectivity index (χ3v) is 2.59. The zero-order chi connectivity index (χ0) is 11.6. The van der Waals surface area contributed by atoms with Crippen LogP contribution in [0.2, 0.25) is 0 Å². The fourth-order valence-corrected chi connectivity index (χ4v) is 2.01. The molecular weight excluding hydrogens is 191 g/mol. The Labute approximate surface area is 90.3 Å². The van der Waals surface area contributed by atoms with Gasteiger partial charge in [-0.2, -0.15) is 0 Å². The molecule has 0 aliphatic rings. The van der Waals surface area contributed by atoms with Crippen molar-refractivity contribution in [3.63, 3.8) is 0 Å². The van der Waals surface area contributed by atoms with E-state index in [0.29, 0.717) is 6.42 Å². The summed E-state index contributed by atoms with van der Waals surface area (Å²) in [6.45, 7) is 7.19. The monoisotopic (exact) mass is 208 g/mol. The molecule has 82 valence electrons. The number of hydrogen-bond donors (Lipinski definition) is 1. The Morgan fingerprint density at radius 1 is 1.27 bits per heavy atom. The number of aryl methyl sites for hydroxylation is 2. The van der Waals surface area contributed by atoms with Gasteiger partial charge in [0.15, 0.2) is 0 Å². The molecular formula is C13H17FO. The molecule has 0 radical (unpaired) electrons. The summed E-state index contributed by atoms with van der Waals surface area (Å²) in [4.78, 5) is 0. The number of allylic oxidation sites excluding steroid dienone is 2. The maximum Gasteiger partial charge on any atom is 0.116 e. The summed E-state index contributed by atoms with van der Waals surface area (Å²) in [5.41, 5.74) is 3.49. The van der Waals surface area contributed by atoms with Crippen LogP contribution in [0.3, 0.4) is 0 Å². The molecule has 0 saturated carbocycles. The summed E-state index contributed by atoms with van der Waals surface area (Å²) in [6.07, 6.45) is 0.661. The summed E-state index contributed by atoms with van der Waals surface area (Å²) in [5.74, 6) is 0.0927. The quantitative estimate of drug-likeness (QED) is 0.775. The minimum absolute atomic E-state index is 0.144. The lowest BCUT2D eigenvalue weighted by atomic mass is 9.93. The minimum atomic E-state index is -0.144. The summed E-state index contributed by atoms with van der Waals surface area (Å²) in [5, 5.41) is 9.40. The van der Waals surface area contributed by atoms with E-state index in [4.69, 9.17) is 0 Å². The highest BCUT2D eigenvalue weighted by atomic mass is 19.1. The lowest BCUT2D eigenvalue weighted by molar-refractivity contribution is 0.474. The fraction of sp³-hybridized carbons (Fsp3) is 0.385. The van der Waals surface area contributed by atoms with Crippen molar-refractivity contribution in [1.29, 1.82) is 0 Å². The second-order valence-corrected chi connectivity index (χ2v) is 3.82. The Bertz CT molecular complexity index is 378. The second kappa shape index (κ2) is 4.47. The Hall–Kier alpha value is -1.31. The average Bonchev–Trinajstić information content (AvgIpc) is 2.09. The van der Waals surface area contributed by atoms with Gasteiger partial charge >= 0.3 is 0 Å². The van der Waals surface area contributed by atoms with Gasteiger partial charge in [-0.05, 0) is 61.6 Å². The molecule has 1 N–H and O–H groups in total. The zero-order valence-corrected chi connectivity index (χ0v) is 9.69. The van der Waals surface area contributed by atoms with Crippen molar-refractivity contribution in [2.24, 2.45) is 0 Å². The lowest BCUT2D eigenvalue weighted by Crippen LogP contribution is -1.94. The Kier molecular flexibility index (Phi) is 3.51. The highest BCUT2D eigenvalue weighted by Gasteiger charge is 2.11. The van der Waals surface area contributed by atoms with Gasteiger partial charge in [0.1, 0.15) is 11.6 Å². The molecule has 0 spiro atoms. The van der Waals surface area contributed by atoms with Gasteiger partial charge in [0.05, 0.1) is 0 Å². The number of hydrogen-bond acceptors (Lipinski definition) is 1. The molecule has 0 fully saturated rings. The molecule has 0 unspecified atom stereocenters. The lowest BCUT2D eigenvalue weighted by Gasteiger charge is -2.13. The van der Waals surface area contributed by atoms with E-state index in [-0.39, 0.29) is 11.6 Å². The molecule has 1 rings (SSSR count). The molecule has 0 bridgehead atoms. The number of phenolic OH excluding ortho intramolecular Hbond substituents is 1. The van der Waals surface area contributed by atoms with Crippen molar-refractivity contribution in [3.05, 3.63) is 34.6 Å². The highest BCUT2D eigenvalue weighted by molar-refractivity contribution is 5.72. The van der Waals surface area contributed by atoms with E-state index in [1.807, 2.05) is 20.8 Å². The van der Waals surface area contributed by atoms with Crippen LogP contribution in [0, 0.1) is 13.8 Å². The molecule has 1 nitrogen and oxygen atoms in total. The van der Waals surface area contributed by atoms with E-state index >= 15 is 0 Å². The van der Waals surface area contributed by atoms with Crippen molar-refractivity contribution in [2.75, 3.05) is 0 Å². The van der Waals surface area contributed by atoms with Crippen molar-refractivity contribution in [3.8, 4) is 5.75 Å². The van der Waals surface area contributed by atoms with Crippen molar-refractivity contribution >= 4 is 5.57 Å². The van der Waals surface area contributed by atoms with Crippen LogP contribution < -0.4 is 0 Å².